The fraction of sp³-hybridized carbons (Fsp3) is 0.312. The molecular formula is C16H14ClF3N2O2. The molecule has 0 amide bonds. The molecule has 2 aromatic rings. The first-order valence-corrected chi connectivity index (χ1v) is 7.65. The fourth-order valence-electron chi connectivity index (χ4n) is 2.28. The molecule has 24 heavy (non-hydrogen) atoms. The highest BCUT2D eigenvalue weighted by Crippen LogP contribution is 2.37. The number of hydrogen-bond donors (Lipinski definition) is 0. The van der Waals surface area contributed by atoms with Crippen LogP contribution in [0.5, 0.6) is 0 Å². The van der Waals surface area contributed by atoms with Gasteiger partial charge in [0.05, 0.1) is 43.1 Å². The van der Waals surface area contributed by atoms with Crippen LogP contribution in [0.3, 0.4) is 0 Å². The second-order valence-electron chi connectivity index (χ2n) is 5.21. The topological polar surface area (TPSA) is 38.0 Å². The van der Waals surface area contributed by atoms with Crippen LogP contribution in [0.25, 0.3) is 11.3 Å². The molecule has 0 spiro atoms. The van der Waals surface area contributed by atoms with Crippen molar-refractivity contribution in [1.82, 2.24) is 5.01 Å². The Morgan fingerprint density at radius 3 is 2.58 bits per heavy atom. The van der Waals surface area contributed by atoms with Gasteiger partial charge in [-0.25, -0.2) is 0 Å². The number of hydrazone groups is 1. The second kappa shape index (κ2) is 6.86. The van der Waals surface area contributed by atoms with Gasteiger partial charge in [0.25, 0.3) is 0 Å². The molecule has 1 aromatic heterocycles. The predicted molar refractivity (Wildman–Crippen MR) is 84.1 cm³/mol. The summed E-state index contributed by atoms with van der Waals surface area (Å²) in [4.78, 5) is 0. The zero-order valence-corrected chi connectivity index (χ0v) is 13.3. The summed E-state index contributed by atoms with van der Waals surface area (Å²) in [6.07, 6.45) is -2.98. The van der Waals surface area contributed by atoms with E-state index in [9.17, 15) is 13.2 Å². The van der Waals surface area contributed by atoms with Crippen LogP contribution in [0.1, 0.15) is 11.3 Å². The zero-order chi connectivity index (χ0) is 17.2. The van der Waals surface area contributed by atoms with Crippen LogP contribution in [0.15, 0.2) is 39.9 Å². The highest BCUT2D eigenvalue weighted by atomic mass is 35.5. The molecule has 0 radical (unpaired) electrons. The lowest BCUT2D eigenvalue weighted by molar-refractivity contribution is -0.137. The van der Waals surface area contributed by atoms with Gasteiger partial charge in [-0.15, -0.1) is 0 Å². The van der Waals surface area contributed by atoms with Gasteiger partial charge in [-0.1, -0.05) is 11.6 Å². The zero-order valence-electron chi connectivity index (χ0n) is 12.5. The number of nitrogens with zero attached hydrogens (tertiary/aromatic N) is 2. The largest absolute Gasteiger partial charge is 0.455 e. The van der Waals surface area contributed by atoms with E-state index >= 15 is 0 Å². The normalized spacial score (nSPS) is 16.1. The van der Waals surface area contributed by atoms with Crippen molar-refractivity contribution in [3.05, 3.63) is 46.7 Å². The summed E-state index contributed by atoms with van der Waals surface area (Å²) in [7, 11) is 0. The van der Waals surface area contributed by atoms with E-state index in [1.807, 2.05) is 5.01 Å². The van der Waals surface area contributed by atoms with Gasteiger partial charge in [-0.2, -0.15) is 18.3 Å². The van der Waals surface area contributed by atoms with Gasteiger partial charge in [-0.3, -0.25) is 5.01 Å². The van der Waals surface area contributed by atoms with Gasteiger partial charge < -0.3 is 9.15 Å². The Morgan fingerprint density at radius 1 is 1.12 bits per heavy atom. The van der Waals surface area contributed by atoms with E-state index in [1.165, 1.54) is 18.3 Å². The standard InChI is InChI=1S/C16H14ClF3N2O2/c17-14-3-1-11(9-13(14)16(18,19)20)15-4-2-12(24-15)10-21-22-5-7-23-8-6-22/h1-4,9-10H,5-8H2/b21-10-. The van der Waals surface area contributed by atoms with Crippen LogP contribution in [0, 0.1) is 0 Å². The first kappa shape index (κ1) is 16.9. The number of morpholine rings is 1. The third-order valence-electron chi connectivity index (χ3n) is 3.52. The summed E-state index contributed by atoms with van der Waals surface area (Å²) in [5, 5.41) is 5.77. The number of hydrogen-bond acceptors (Lipinski definition) is 4. The van der Waals surface area contributed by atoms with Crippen molar-refractivity contribution in [2.45, 2.75) is 6.18 Å². The van der Waals surface area contributed by atoms with Gasteiger partial charge in [0.1, 0.15) is 11.5 Å². The molecule has 3 rings (SSSR count). The highest BCUT2D eigenvalue weighted by molar-refractivity contribution is 6.31. The molecule has 0 aliphatic carbocycles. The van der Waals surface area contributed by atoms with Gasteiger partial charge in [0, 0.05) is 5.56 Å². The third-order valence-corrected chi connectivity index (χ3v) is 3.85. The van der Waals surface area contributed by atoms with E-state index < -0.39 is 11.7 Å². The maximum absolute atomic E-state index is 12.9. The van der Waals surface area contributed by atoms with Gasteiger partial charge >= 0.3 is 6.18 Å². The molecule has 4 nitrogen and oxygen atoms in total. The van der Waals surface area contributed by atoms with Crippen LogP contribution in [-0.4, -0.2) is 37.5 Å². The fourth-order valence-corrected chi connectivity index (χ4v) is 2.51. The van der Waals surface area contributed by atoms with Crippen molar-refractivity contribution >= 4 is 17.8 Å². The predicted octanol–water partition coefficient (Wildman–Crippen LogP) is 4.28. The molecule has 1 saturated heterocycles. The van der Waals surface area contributed by atoms with Gasteiger partial charge in [0.15, 0.2) is 0 Å². The van der Waals surface area contributed by atoms with E-state index in [4.69, 9.17) is 20.8 Å². The van der Waals surface area contributed by atoms with E-state index in [0.717, 1.165) is 6.07 Å². The molecule has 1 aromatic carbocycles. The van der Waals surface area contributed by atoms with Crippen LogP contribution >= 0.6 is 11.6 Å². The summed E-state index contributed by atoms with van der Waals surface area (Å²) < 4.78 is 49.5. The SMILES string of the molecule is FC(F)(F)c1cc(-c2ccc(/C=N\N3CCOCC3)o2)ccc1Cl. The van der Waals surface area contributed by atoms with Crippen LogP contribution in [0.4, 0.5) is 13.2 Å². The number of halogens is 4. The average Bonchev–Trinajstić information content (AvgIpc) is 3.02. The monoisotopic (exact) mass is 358 g/mol. The molecule has 1 fully saturated rings. The molecule has 0 atom stereocenters. The molecule has 1 aliphatic rings. The van der Waals surface area contributed by atoms with Gasteiger partial charge in [-0.05, 0) is 30.3 Å². The maximum atomic E-state index is 12.9. The van der Waals surface area contributed by atoms with Crippen molar-refractivity contribution in [2.24, 2.45) is 5.10 Å². The molecule has 0 bridgehead atoms. The first-order chi connectivity index (χ1) is 11.4. The lowest BCUT2D eigenvalue weighted by Crippen LogP contribution is -2.32. The van der Waals surface area contributed by atoms with Crippen LogP contribution < -0.4 is 0 Å². The van der Waals surface area contributed by atoms with E-state index in [2.05, 4.69) is 5.10 Å². The quantitative estimate of drug-likeness (QED) is 0.768. The summed E-state index contributed by atoms with van der Waals surface area (Å²) in [6, 6.07) is 6.93. The van der Waals surface area contributed by atoms with Crippen LogP contribution in [-0.2, 0) is 10.9 Å². The van der Waals surface area contributed by atoms with Crippen LogP contribution in [0.2, 0.25) is 5.02 Å². The molecule has 1 aliphatic heterocycles. The average molecular weight is 359 g/mol. The number of alkyl halides is 3. The molecule has 0 N–H and O–H groups in total. The maximum Gasteiger partial charge on any atom is 0.417 e. The Balaban J connectivity index is 1.79. The molecule has 128 valence electrons. The van der Waals surface area contributed by atoms with Crippen molar-refractivity contribution in [3.63, 3.8) is 0 Å². The highest BCUT2D eigenvalue weighted by Gasteiger charge is 2.33. The minimum Gasteiger partial charge on any atom is -0.455 e. The lowest BCUT2D eigenvalue weighted by Gasteiger charge is -2.23. The number of benzene rings is 1. The number of ether oxygens (including phenoxy) is 1. The molecule has 0 unspecified atom stereocenters. The Kier molecular flexibility index (Phi) is 4.82. The van der Waals surface area contributed by atoms with Crippen molar-refractivity contribution < 1.29 is 22.3 Å². The summed E-state index contributed by atoms with van der Waals surface area (Å²) in [5.74, 6) is 0.778. The van der Waals surface area contributed by atoms with E-state index in [-0.39, 0.29) is 5.02 Å². The Hall–Kier alpha value is -1.99. The summed E-state index contributed by atoms with van der Waals surface area (Å²) in [5.41, 5.74) is -0.584. The molecular weight excluding hydrogens is 345 g/mol. The molecule has 2 heterocycles. The van der Waals surface area contributed by atoms with Gasteiger partial charge in [0.2, 0.25) is 0 Å². The number of furan rings is 1. The van der Waals surface area contributed by atoms with Crippen molar-refractivity contribution in [2.75, 3.05) is 26.3 Å². The second-order valence-corrected chi connectivity index (χ2v) is 5.61. The Bertz CT molecular complexity index is 737. The number of rotatable bonds is 3. The van der Waals surface area contributed by atoms with E-state index in [0.29, 0.717) is 43.4 Å². The molecule has 0 saturated carbocycles. The van der Waals surface area contributed by atoms with Crippen molar-refractivity contribution in [1.29, 1.82) is 0 Å². The van der Waals surface area contributed by atoms with E-state index in [1.54, 1.807) is 12.1 Å². The molecule has 8 heteroatoms. The Labute approximate surface area is 141 Å². The minimum atomic E-state index is -4.51. The van der Waals surface area contributed by atoms with Crippen molar-refractivity contribution in [3.8, 4) is 11.3 Å². The summed E-state index contributed by atoms with van der Waals surface area (Å²) >= 11 is 5.62. The third kappa shape index (κ3) is 3.91. The Morgan fingerprint density at radius 2 is 1.88 bits per heavy atom. The first-order valence-electron chi connectivity index (χ1n) is 7.27. The lowest BCUT2D eigenvalue weighted by atomic mass is 10.1. The smallest absolute Gasteiger partial charge is 0.417 e. The summed E-state index contributed by atoms with van der Waals surface area (Å²) in [6.45, 7) is 2.61. The minimum absolute atomic E-state index is 0.303.